The Hall–Kier alpha value is -7.29. The largest absolute Gasteiger partial charge is 0.461 e. The molecule has 0 unspecified atom stereocenters. The highest BCUT2D eigenvalue weighted by Gasteiger charge is 2.40. The van der Waals surface area contributed by atoms with Crippen LogP contribution >= 0.6 is 0 Å². The number of nitriles is 6. The number of nitrogens with zero attached hydrogens (tertiary/aromatic N) is 9. The van der Waals surface area contributed by atoms with Crippen LogP contribution in [0.5, 0.6) is 0 Å². The molecule has 97 heavy (non-hydrogen) atoms. The van der Waals surface area contributed by atoms with Gasteiger partial charge in [0.1, 0.15) is 73.0 Å². The molecule has 3 aliphatic carbocycles. The van der Waals surface area contributed by atoms with Crippen LogP contribution in [0.3, 0.4) is 0 Å². The van der Waals surface area contributed by atoms with Crippen LogP contribution in [-0.2, 0) is 85.4 Å². The van der Waals surface area contributed by atoms with E-state index in [-0.39, 0.29) is 92.3 Å². The van der Waals surface area contributed by atoms with Crippen LogP contribution in [0, 0.1) is 90.1 Å². The van der Waals surface area contributed by atoms with Crippen LogP contribution < -0.4 is 0 Å². The van der Waals surface area contributed by atoms with E-state index in [1.54, 1.807) is 42.7 Å². The van der Waals surface area contributed by atoms with Crippen LogP contribution in [0.25, 0.3) is 0 Å². The van der Waals surface area contributed by atoms with Gasteiger partial charge in [-0.25, -0.2) is 14.4 Å². The standard InChI is InChI=1S/C70H103N9O18/c1-68(2)37-53(56(43-71)62(40-68)77(13-19-89-31-25-83-7)14-20-90-32-26-84-8)59(46-74)65(80)95-49-52(50-96-66(81)60(47-75)54-38-69(3,4)41-63(57(54)44-72)78(15-21-91-33-27-85-9)16-22-92-34-28-86-10)51-97-67(82)61(48-76)55-39-70(5,6)42-64(58(55)45-73)79(17-23-93-35-29-87-11)18-24-94-36-30-88-12/h52H,13-42,49-51H2,1-12H3/b59-53+,60-54+,61-55+. The maximum absolute atomic E-state index is 14.6. The number of carbonyl (C=O) groups excluding carboxylic acids is 3. The van der Waals surface area contributed by atoms with Crippen LogP contribution in [0.15, 0.2) is 67.2 Å². The molecule has 536 valence electrons. The first-order valence-electron chi connectivity index (χ1n) is 32.6. The number of carbonyl (C=O) groups is 3. The second-order valence-electron chi connectivity index (χ2n) is 25.5. The van der Waals surface area contributed by atoms with Gasteiger partial charge in [0.2, 0.25) is 0 Å². The number of ether oxygens (including phenoxy) is 15. The SMILES string of the molecule is COCCOCCN(CCOCCOC)C1=C(C#N)/C(=C(\C#N)C(=O)OCC(COC(=O)/C(C#N)=C2\CC(C)(C)CC(N(CCOCCOC)CCOCCOC)=C2C#N)COC(=O)/C(C#N)=C2\CC(C)(C)CC(N(CCOCCOC)CCOCCOC)=C2C#N)CC(C)(C)C1. The van der Waals surface area contributed by atoms with Gasteiger partial charge in [0.05, 0.1) is 142 Å². The summed E-state index contributed by atoms with van der Waals surface area (Å²) >= 11 is 0. The first kappa shape index (κ1) is 83.9. The fourth-order valence-corrected chi connectivity index (χ4v) is 11.2. The Morgan fingerprint density at radius 3 is 0.722 bits per heavy atom. The zero-order chi connectivity index (χ0) is 71.7. The molecule has 0 N–H and O–H groups in total. The van der Waals surface area contributed by atoms with E-state index in [1.165, 1.54) is 0 Å². The average molecular weight is 1360 g/mol. The molecule has 0 atom stereocenters. The lowest BCUT2D eigenvalue weighted by Crippen LogP contribution is -2.36. The monoisotopic (exact) mass is 1360 g/mol. The van der Waals surface area contributed by atoms with Gasteiger partial charge in [-0.05, 0) is 71.5 Å². The van der Waals surface area contributed by atoms with Gasteiger partial charge in [-0.1, -0.05) is 41.5 Å². The van der Waals surface area contributed by atoms with E-state index in [9.17, 15) is 46.0 Å². The van der Waals surface area contributed by atoms with Gasteiger partial charge in [0.25, 0.3) is 0 Å². The molecule has 27 nitrogen and oxygen atoms in total. The molecule has 0 heterocycles. The zero-order valence-corrected chi connectivity index (χ0v) is 59.3. The van der Waals surface area contributed by atoms with Crippen molar-refractivity contribution in [1.29, 1.82) is 31.6 Å². The molecule has 27 heteroatoms. The molecule has 0 aromatic heterocycles. The Morgan fingerprint density at radius 2 is 0.546 bits per heavy atom. The summed E-state index contributed by atoms with van der Waals surface area (Å²) in [5.41, 5.74) is -0.833. The summed E-state index contributed by atoms with van der Waals surface area (Å²) in [5.74, 6) is -4.67. The van der Waals surface area contributed by atoms with Gasteiger partial charge in [0.15, 0.2) is 0 Å². The molecule has 0 saturated carbocycles. The zero-order valence-electron chi connectivity index (χ0n) is 59.3. The van der Waals surface area contributed by atoms with E-state index in [4.69, 9.17) is 71.1 Å². The van der Waals surface area contributed by atoms with Crippen molar-refractivity contribution >= 4 is 17.9 Å². The maximum Gasteiger partial charge on any atom is 0.349 e. The van der Waals surface area contributed by atoms with Crippen LogP contribution in [0.2, 0.25) is 0 Å². The molecule has 0 aromatic carbocycles. The minimum absolute atomic E-state index is 0.0951. The molecular formula is C70H103N9O18. The van der Waals surface area contributed by atoms with Crippen LogP contribution in [-0.4, -0.2) is 253 Å². The predicted molar refractivity (Wildman–Crippen MR) is 352 cm³/mol. The Labute approximate surface area is 574 Å². The molecule has 0 fully saturated rings. The molecule has 3 rings (SSSR count). The van der Waals surface area contributed by atoms with E-state index >= 15 is 0 Å². The quantitative estimate of drug-likeness (QED) is 0.0210. The summed E-state index contributed by atoms with van der Waals surface area (Å²) in [6, 6.07) is 12.8. The molecule has 0 aliphatic heterocycles. The van der Waals surface area contributed by atoms with Crippen molar-refractivity contribution < 1.29 is 85.4 Å². The van der Waals surface area contributed by atoms with Crippen LogP contribution in [0.4, 0.5) is 0 Å². The smallest absolute Gasteiger partial charge is 0.349 e. The van der Waals surface area contributed by atoms with E-state index in [0.717, 1.165) is 0 Å². The fraction of sp³-hybridized carbons (Fsp3) is 0.700. The van der Waals surface area contributed by atoms with Gasteiger partial charge in [-0.15, -0.1) is 0 Å². The van der Waals surface area contributed by atoms with E-state index in [0.29, 0.717) is 155 Å². The second kappa shape index (κ2) is 46.1. The molecule has 0 amide bonds. The van der Waals surface area contributed by atoms with Gasteiger partial charge < -0.3 is 85.8 Å². The molecule has 0 spiro atoms. The normalized spacial score (nSPS) is 17.2. The summed E-state index contributed by atoms with van der Waals surface area (Å²) < 4.78 is 83.7. The van der Waals surface area contributed by atoms with Gasteiger partial charge in [0, 0.05) is 99.0 Å². The summed E-state index contributed by atoms with van der Waals surface area (Å²) in [4.78, 5) is 49.6. The molecule has 0 saturated heterocycles. The lowest BCUT2D eigenvalue weighted by atomic mass is 9.72. The van der Waals surface area contributed by atoms with Crippen molar-refractivity contribution in [2.45, 2.75) is 80.1 Å². The van der Waals surface area contributed by atoms with Crippen molar-refractivity contribution in [1.82, 2.24) is 14.7 Å². The molecule has 0 bridgehead atoms. The van der Waals surface area contributed by atoms with Crippen molar-refractivity contribution in [3.63, 3.8) is 0 Å². The Kier molecular flexibility index (Phi) is 39.9. The highest BCUT2D eigenvalue weighted by atomic mass is 16.6. The Balaban J connectivity index is 2.25. The number of hydrogen-bond donors (Lipinski definition) is 0. The average Bonchev–Trinajstić information content (AvgIpc) is 0.795. The van der Waals surface area contributed by atoms with Crippen molar-refractivity contribution in [3.8, 4) is 36.4 Å². The molecular weight excluding hydrogens is 1250 g/mol. The van der Waals surface area contributed by atoms with E-state index in [2.05, 4.69) is 18.2 Å². The topological polar surface area (TPSA) is 342 Å². The number of methoxy groups -OCH3 is 6. The Morgan fingerprint density at radius 1 is 0.340 bits per heavy atom. The lowest BCUT2D eigenvalue weighted by molar-refractivity contribution is -0.148. The summed E-state index contributed by atoms with van der Waals surface area (Å²) in [6.45, 7) is 17.2. The number of rotatable bonds is 48. The van der Waals surface area contributed by atoms with Gasteiger partial charge in [-0.2, -0.15) is 31.6 Å². The number of esters is 3. The molecule has 3 aliphatic rings. The first-order chi connectivity index (χ1) is 46.6. The minimum atomic E-state index is -1.25. The molecule has 0 aromatic rings. The Bertz CT molecular complexity index is 2640. The van der Waals surface area contributed by atoms with Gasteiger partial charge in [-0.3, -0.25) is 0 Å². The number of allylic oxidation sites excluding steroid dienone is 9. The highest BCUT2D eigenvalue weighted by Crippen LogP contribution is 2.47. The summed E-state index contributed by atoms with van der Waals surface area (Å²) in [6.07, 6.45) is 1.52. The van der Waals surface area contributed by atoms with E-state index < -0.39 is 76.6 Å². The predicted octanol–water partition coefficient (Wildman–Crippen LogP) is 6.37. The highest BCUT2D eigenvalue weighted by molar-refractivity contribution is 5.96. The van der Waals surface area contributed by atoms with Crippen molar-refractivity contribution in [2.24, 2.45) is 22.2 Å². The summed E-state index contributed by atoms with van der Waals surface area (Å²) in [7, 11) is 9.38. The third-order valence-corrected chi connectivity index (χ3v) is 16.0. The van der Waals surface area contributed by atoms with E-state index in [1.807, 2.05) is 74.4 Å². The van der Waals surface area contributed by atoms with Gasteiger partial charge >= 0.3 is 17.9 Å². The number of hydrogen-bond acceptors (Lipinski definition) is 27. The third-order valence-electron chi connectivity index (χ3n) is 16.0. The first-order valence-corrected chi connectivity index (χ1v) is 32.6. The lowest BCUT2D eigenvalue weighted by Gasteiger charge is -2.39. The third kappa shape index (κ3) is 29.0. The summed E-state index contributed by atoms with van der Waals surface area (Å²) in [5, 5.41) is 65.4. The minimum Gasteiger partial charge on any atom is -0.461 e. The van der Waals surface area contributed by atoms with Crippen LogP contribution in [0.1, 0.15) is 80.1 Å². The maximum atomic E-state index is 14.6. The van der Waals surface area contributed by atoms with Crippen molar-refractivity contribution in [2.75, 3.05) is 221 Å². The second-order valence-corrected chi connectivity index (χ2v) is 25.5. The molecule has 0 radical (unpaired) electrons. The fourth-order valence-electron chi connectivity index (χ4n) is 11.2. The van der Waals surface area contributed by atoms with Crippen molar-refractivity contribution in [3.05, 3.63) is 67.2 Å².